The molecule has 0 aromatic heterocycles. The summed E-state index contributed by atoms with van der Waals surface area (Å²) in [6, 6.07) is 4.16. The number of thioether (sulfide) groups is 1. The van der Waals surface area contributed by atoms with Gasteiger partial charge in [0.2, 0.25) is 0 Å². The quantitative estimate of drug-likeness (QED) is 0.675. The maximum absolute atomic E-state index is 11.9. The first-order chi connectivity index (χ1) is 5.87. The fourth-order valence-electron chi connectivity index (χ4n) is 0.721. The van der Waals surface area contributed by atoms with E-state index < -0.39 is 5.51 Å². The summed E-state index contributed by atoms with van der Waals surface area (Å²) in [4.78, 5) is 0.0758. The molecule has 0 fully saturated rings. The van der Waals surface area contributed by atoms with Crippen molar-refractivity contribution in [3.63, 3.8) is 0 Å². The van der Waals surface area contributed by atoms with Gasteiger partial charge in [0.25, 0.3) is 0 Å². The summed E-state index contributed by atoms with van der Waals surface area (Å²) < 4.78 is 36.3. The zero-order valence-corrected chi connectivity index (χ0v) is 9.19. The van der Waals surface area contributed by atoms with Crippen molar-refractivity contribution in [2.75, 3.05) is 0 Å². The number of halogens is 5. The normalized spacial score (nSPS) is 11.8. The van der Waals surface area contributed by atoms with Crippen molar-refractivity contribution in [3.8, 4) is 0 Å². The average Bonchev–Trinajstić information content (AvgIpc) is 1.78. The molecular formula is C7H3BrClF3S. The van der Waals surface area contributed by atoms with Crippen LogP contribution in [0.15, 0.2) is 27.6 Å². The molecule has 0 amide bonds. The zero-order chi connectivity index (χ0) is 10.1. The van der Waals surface area contributed by atoms with Gasteiger partial charge in [-0.15, -0.1) is 0 Å². The molecule has 72 valence electrons. The fourth-order valence-corrected chi connectivity index (χ4v) is 2.44. The van der Waals surface area contributed by atoms with Crippen LogP contribution in [-0.4, -0.2) is 5.51 Å². The van der Waals surface area contributed by atoms with Crippen LogP contribution < -0.4 is 0 Å². The van der Waals surface area contributed by atoms with Gasteiger partial charge in [-0.2, -0.15) is 13.2 Å². The van der Waals surface area contributed by atoms with Gasteiger partial charge >= 0.3 is 5.51 Å². The smallest absolute Gasteiger partial charge is 0.160 e. The summed E-state index contributed by atoms with van der Waals surface area (Å²) in [6.07, 6.45) is 0. The Labute approximate surface area is 90.6 Å². The van der Waals surface area contributed by atoms with Crippen LogP contribution >= 0.6 is 39.3 Å². The van der Waals surface area contributed by atoms with E-state index >= 15 is 0 Å². The van der Waals surface area contributed by atoms with E-state index in [0.29, 0.717) is 4.47 Å². The van der Waals surface area contributed by atoms with Gasteiger partial charge in [-0.25, -0.2) is 0 Å². The van der Waals surface area contributed by atoms with E-state index in [0.717, 1.165) is 0 Å². The molecule has 0 saturated carbocycles. The molecule has 13 heavy (non-hydrogen) atoms. The van der Waals surface area contributed by atoms with E-state index in [1.54, 1.807) is 0 Å². The zero-order valence-electron chi connectivity index (χ0n) is 6.03. The van der Waals surface area contributed by atoms with Crippen molar-refractivity contribution in [1.82, 2.24) is 0 Å². The first kappa shape index (κ1) is 11.2. The molecule has 0 nitrogen and oxygen atoms in total. The van der Waals surface area contributed by atoms with E-state index in [-0.39, 0.29) is 21.7 Å². The lowest BCUT2D eigenvalue weighted by molar-refractivity contribution is -0.0328. The Balaban J connectivity index is 2.90. The van der Waals surface area contributed by atoms with Gasteiger partial charge in [0, 0.05) is 14.4 Å². The van der Waals surface area contributed by atoms with Crippen LogP contribution in [0.25, 0.3) is 0 Å². The third-order valence-electron chi connectivity index (χ3n) is 1.07. The third-order valence-corrected chi connectivity index (χ3v) is 2.45. The summed E-state index contributed by atoms with van der Waals surface area (Å²) in [7, 11) is 0. The van der Waals surface area contributed by atoms with Crippen LogP contribution in [0.1, 0.15) is 0 Å². The molecule has 0 radical (unpaired) electrons. The maximum Gasteiger partial charge on any atom is 0.446 e. The van der Waals surface area contributed by atoms with Gasteiger partial charge in [0.1, 0.15) is 0 Å². The van der Waals surface area contributed by atoms with Gasteiger partial charge < -0.3 is 0 Å². The van der Waals surface area contributed by atoms with Gasteiger partial charge in [-0.05, 0) is 30.0 Å². The highest BCUT2D eigenvalue weighted by Gasteiger charge is 2.29. The molecule has 0 aliphatic rings. The first-order valence-corrected chi connectivity index (χ1v) is 5.07. The van der Waals surface area contributed by atoms with Crippen LogP contribution in [-0.2, 0) is 0 Å². The van der Waals surface area contributed by atoms with Crippen molar-refractivity contribution >= 4 is 39.3 Å². The van der Waals surface area contributed by atoms with Crippen LogP contribution in [0.3, 0.4) is 0 Å². The summed E-state index contributed by atoms with van der Waals surface area (Å²) in [6.45, 7) is 0. The molecule has 0 N–H and O–H groups in total. The molecule has 0 unspecified atom stereocenters. The predicted molar refractivity (Wildman–Crippen MR) is 51.1 cm³/mol. The lowest BCUT2D eigenvalue weighted by Crippen LogP contribution is -1.98. The highest BCUT2D eigenvalue weighted by molar-refractivity contribution is 9.10. The van der Waals surface area contributed by atoms with E-state index in [1.165, 1.54) is 18.2 Å². The number of hydrogen-bond acceptors (Lipinski definition) is 1. The lowest BCUT2D eigenvalue weighted by Gasteiger charge is -2.05. The highest BCUT2D eigenvalue weighted by Crippen LogP contribution is 2.38. The van der Waals surface area contributed by atoms with Gasteiger partial charge in [0.05, 0.1) is 0 Å². The molecule has 1 aromatic rings. The van der Waals surface area contributed by atoms with Crippen molar-refractivity contribution < 1.29 is 13.2 Å². The van der Waals surface area contributed by atoms with E-state index in [1.807, 2.05) is 0 Å². The van der Waals surface area contributed by atoms with Gasteiger partial charge in [0.15, 0.2) is 0 Å². The Morgan fingerprint density at radius 1 is 1.23 bits per heavy atom. The molecule has 0 heterocycles. The largest absolute Gasteiger partial charge is 0.446 e. The van der Waals surface area contributed by atoms with Crippen LogP contribution in [0.4, 0.5) is 13.2 Å². The van der Waals surface area contributed by atoms with Crippen LogP contribution in [0, 0.1) is 0 Å². The summed E-state index contributed by atoms with van der Waals surface area (Å²) in [5.74, 6) is 0. The van der Waals surface area contributed by atoms with E-state index in [9.17, 15) is 13.2 Å². The second kappa shape index (κ2) is 4.11. The predicted octanol–water partition coefficient (Wildman–Crippen LogP) is 4.71. The molecule has 0 aliphatic heterocycles. The van der Waals surface area contributed by atoms with Crippen LogP contribution in [0.5, 0.6) is 0 Å². The van der Waals surface area contributed by atoms with Crippen molar-refractivity contribution in [1.29, 1.82) is 0 Å². The van der Waals surface area contributed by atoms with E-state index in [4.69, 9.17) is 11.6 Å². The minimum atomic E-state index is -4.27. The monoisotopic (exact) mass is 290 g/mol. The van der Waals surface area contributed by atoms with Gasteiger partial charge in [-0.1, -0.05) is 27.5 Å². The maximum atomic E-state index is 11.9. The topological polar surface area (TPSA) is 0 Å². The number of benzene rings is 1. The molecule has 0 saturated heterocycles. The molecule has 0 bridgehead atoms. The minimum Gasteiger partial charge on any atom is -0.160 e. The van der Waals surface area contributed by atoms with E-state index in [2.05, 4.69) is 15.9 Å². The summed E-state index contributed by atoms with van der Waals surface area (Å²) >= 11 is 8.44. The molecule has 6 heteroatoms. The first-order valence-electron chi connectivity index (χ1n) is 3.09. The van der Waals surface area contributed by atoms with Crippen LogP contribution in [0.2, 0.25) is 5.02 Å². The molecular weight excluding hydrogens is 288 g/mol. The fraction of sp³-hybridized carbons (Fsp3) is 0.143. The Bertz CT molecular complexity index is 293. The van der Waals surface area contributed by atoms with Crippen molar-refractivity contribution in [3.05, 3.63) is 27.7 Å². The molecule has 0 atom stereocenters. The lowest BCUT2D eigenvalue weighted by atomic mass is 10.4. The Kier molecular flexibility index (Phi) is 3.54. The number of rotatable bonds is 1. The van der Waals surface area contributed by atoms with Crippen molar-refractivity contribution in [2.45, 2.75) is 10.4 Å². The standard InChI is InChI=1S/C7H3BrClF3S/c8-4-1-5(9)3-6(2-4)13-7(10,11)12/h1-3H. The Morgan fingerprint density at radius 2 is 1.85 bits per heavy atom. The van der Waals surface area contributed by atoms with Crippen molar-refractivity contribution in [2.24, 2.45) is 0 Å². The SMILES string of the molecule is FC(F)(F)Sc1cc(Cl)cc(Br)c1. The number of hydrogen-bond donors (Lipinski definition) is 0. The molecule has 0 aliphatic carbocycles. The highest BCUT2D eigenvalue weighted by atomic mass is 79.9. The second-order valence-corrected chi connectivity index (χ2v) is 4.64. The molecule has 1 rings (SSSR count). The summed E-state index contributed by atoms with van der Waals surface area (Å²) in [5.41, 5.74) is -4.27. The molecule has 1 aromatic carbocycles. The van der Waals surface area contributed by atoms with Gasteiger partial charge in [-0.3, -0.25) is 0 Å². The number of alkyl halides is 3. The summed E-state index contributed by atoms with van der Waals surface area (Å²) in [5, 5.41) is 0.279. The molecule has 0 spiro atoms. The minimum absolute atomic E-state index is 0.0758. The average molecular weight is 292 g/mol. The Morgan fingerprint density at radius 3 is 2.31 bits per heavy atom. The third kappa shape index (κ3) is 4.24. The second-order valence-electron chi connectivity index (χ2n) is 2.15. The Hall–Kier alpha value is 0.130.